The number of aromatic nitrogens is 3. The highest BCUT2D eigenvalue weighted by molar-refractivity contribution is 9.10. The van der Waals surface area contributed by atoms with Crippen LogP contribution in [-0.2, 0) is 6.54 Å². The lowest BCUT2D eigenvalue weighted by Gasteiger charge is -2.05. The van der Waals surface area contributed by atoms with Crippen LogP contribution in [0, 0.1) is 0 Å². The molecular formula is C11H11BrN4O. The van der Waals surface area contributed by atoms with Crippen molar-refractivity contribution >= 4 is 21.6 Å². The molecule has 2 aromatic heterocycles. The van der Waals surface area contributed by atoms with E-state index in [-0.39, 0.29) is 5.56 Å². The normalized spacial score (nSPS) is 10.2. The minimum atomic E-state index is -0.142. The molecule has 0 fully saturated rings. The van der Waals surface area contributed by atoms with E-state index < -0.39 is 0 Å². The number of nitrogens with one attached hydrogen (secondary N) is 1. The molecule has 0 aromatic carbocycles. The summed E-state index contributed by atoms with van der Waals surface area (Å²) in [5.41, 5.74) is 1.49. The second-order valence-corrected chi connectivity index (χ2v) is 4.42. The lowest BCUT2D eigenvalue weighted by atomic mass is 10.3. The van der Waals surface area contributed by atoms with Crippen LogP contribution in [0.1, 0.15) is 5.56 Å². The zero-order valence-corrected chi connectivity index (χ0v) is 10.8. The van der Waals surface area contributed by atoms with Crippen LogP contribution in [0.4, 0.5) is 5.69 Å². The molecule has 5 nitrogen and oxygen atoms in total. The maximum absolute atomic E-state index is 11.7. The molecule has 0 amide bonds. The lowest BCUT2D eigenvalue weighted by molar-refractivity contribution is 0.638. The zero-order chi connectivity index (χ0) is 12.3. The molecule has 0 radical (unpaired) electrons. The SMILES string of the molecule is CNc1cnn(Cc2cncc(Br)c2)c(=O)c1. The highest BCUT2D eigenvalue weighted by Gasteiger charge is 2.01. The quantitative estimate of drug-likeness (QED) is 0.932. The van der Waals surface area contributed by atoms with Gasteiger partial charge in [-0.05, 0) is 27.6 Å². The van der Waals surface area contributed by atoms with Crippen LogP contribution in [-0.4, -0.2) is 21.8 Å². The molecule has 2 heterocycles. The number of nitrogens with zero attached hydrogens (tertiary/aromatic N) is 3. The zero-order valence-electron chi connectivity index (χ0n) is 9.22. The summed E-state index contributed by atoms with van der Waals surface area (Å²) in [6, 6.07) is 3.42. The van der Waals surface area contributed by atoms with Crippen LogP contribution in [0.15, 0.2) is 40.0 Å². The molecule has 6 heteroatoms. The van der Waals surface area contributed by atoms with Crippen molar-refractivity contribution in [2.75, 3.05) is 12.4 Å². The maximum atomic E-state index is 11.7. The Balaban J connectivity index is 2.27. The van der Waals surface area contributed by atoms with Crippen LogP contribution in [0.2, 0.25) is 0 Å². The Morgan fingerprint density at radius 1 is 1.35 bits per heavy atom. The van der Waals surface area contributed by atoms with Crippen molar-refractivity contribution in [3.05, 3.63) is 51.1 Å². The molecule has 88 valence electrons. The van der Waals surface area contributed by atoms with Crippen molar-refractivity contribution in [3.8, 4) is 0 Å². The summed E-state index contributed by atoms with van der Waals surface area (Å²) in [7, 11) is 1.75. The van der Waals surface area contributed by atoms with Gasteiger partial charge in [0.2, 0.25) is 0 Å². The fourth-order valence-electron chi connectivity index (χ4n) is 1.40. The Morgan fingerprint density at radius 2 is 2.18 bits per heavy atom. The van der Waals surface area contributed by atoms with E-state index in [2.05, 4.69) is 31.3 Å². The van der Waals surface area contributed by atoms with Crippen molar-refractivity contribution < 1.29 is 0 Å². The number of anilines is 1. The minimum Gasteiger partial charge on any atom is -0.387 e. The number of halogens is 1. The van der Waals surface area contributed by atoms with Crippen molar-refractivity contribution in [1.82, 2.24) is 14.8 Å². The fraction of sp³-hybridized carbons (Fsp3) is 0.182. The summed E-state index contributed by atoms with van der Waals surface area (Å²) in [6.45, 7) is 0.412. The molecular weight excluding hydrogens is 284 g/mol. The van der Waals surface area contributed by atoms with Crippen LogP contribution in [0.5, 0.6) is 0 Å². The van der Waals surface area contributed by atoms with E-state index in [1.54, 1.807) is 25.6 Å². The number of rotatable bonds is 3. The average Bonchev–Trinajstić information content (AvgIpc) is 2.32. The van der Waals surface area contributed by atoms with Gasteiger partial charge in [-0.25, -0.2) is 4.68 Å². The first-order valence-electron chi connectivity index (χ1n) is 5.03. The van der Waals surface area contributed by atoms with Gasteiger partial charge >= 0.3 is 0 Å². The van der Waals surface area contributed by atoms with Crippen molar-refractivity contribution in [1.29, 1.82) is 0 Å². The number of hydrogen-bond acceptors (Lipinski definition) is 4. The molecule has 0 unspecified atom stereocenters. The Morgan fingerprint density at radius 3 is 2.82 bits per heavy atom. The Bertz CT molecular complexity index is 582. The van der Waals surface area contributed by atoms with Gasteiger partial charge < -0.3 is 5.32 Å². The average molecular weight is 295 g/mol. The monoisotopic (exact) mass is 294 g/mol. The molecule has 17 heavy (non-hydrogen) atoms. The molecule has 2 aromatic rings. The van der Waals surface area contributed by atoms with Gasteiger partial charge in [0.25, 0.3) is 5.56 Å². The van der Waals surface area contributed by atoms with Crippen molar-refractivity contribution in [2.45, 2.75) is 6.54 Å². The van der Waals surface area contributed by atoms with Crippen LogP contribution in [0.25, 0.3) is 0 Å². The summed E-state index contributed by atoms with van der Waals surface area (Å²) in [6.07, 6.45) is 5.03. The first-order chi connectivity index (χ1) is 8.19. The summed E-state index contributed by atoms with van der Waals surface area (Å²) >= 11 is 3.34. The Labute approximate surface area is 107 Å². The largest absolute Gasteiger partial charge is 0.387 e. The predicted molar refractivity (Wildman–Crippen MR) is 69.1 cm³/mol. The van der Waals surface area contributed by atoms with E-state index in [4.69, 9.17) is 0 Å². The van der Waals surface area contributed by atoms with Crippen molar-refractivity contribution in [2.24, 2.45) is 0 Å². The standard InChI is InChI=1S/C11H11BrN4O/c1-13-10-3-11(17)16(15-6-10)7-8-2-9(12)5-14-4-8/h2-6,13H,7H2,1H3. The van der Waals surface area contributed by atoms with Gasteiger partial charge in [-0.1, -0.05) is 0 Å². The number of hydrogen-bond donors (Lipinski definition) is 1. The van der Waals surface area contributed by atoms with Crippen LogP contribution in [0.3, 0.4) is 0 Å². The summed E-state index contributed by atoms with van der Waals surface area (Å²) in [5, 5.41) is 6.94. The minimum absolute atomic E-state index is 0.142. The van der Waals surface area contributed by atoms with Gasteiger partial charge in [0.1, 0.15) is 0 Å². The topological polar surface area (TPSA) is 59.8 Å². The lowest BCUT2D eigenvalue weighted by Crippen LogP contribution is -2.22. The predicted octanol–water partition coefficient (Wildman–Crippen LogP) is 1.49. The second-order valence-electron chi connectivity index (χ2n) is 3.50. The van der Waals surface area contributed by atoms with E-state index in [0.29, 0.717) is 12.2 Å². The smallest absolute Gasteiger partial charge is 0.269 e. The van der Waals surface area contributed by atoms with Gasteiger partial charge in [-0.15, -0.1) is 0 Å². The summed E-state index contributed by atoms with van der Waals surface area (Å²) in [4.78, 5) is 15.8. The van der Waals surface area contributed by atoms with Crippen LogP contribution >= 0.6 is 15.9 Å². The van der Waals surface area contributed by atoms with E-state index in [1.807, 2.05) is 6.07 Å². The van der Waals surface area contributed by atoms with Crippen molar-refractivity contribution in [3.63, 3.8) is 0 Å². The first kappa shape index (κ1) is 11.8. The maximum Gasteiger partial charge on any atom is 0.269 e. The molecule has 0 saturated heterocycles. The molecule has 0 saturated carbocycles. The Hall–Kier alpha value is -1.69. The van der Waals surface area contributed by atoms with Gasteiger partial charge in [-0.3, -0.25) is 9.78 Å². The molecule has 1 N–H and O–H groups in total. The highest BCUT2D eigenvalue weighted by Crippen LogP contribution is 2.10. The second kappa shape index (κ2) is 5.09. The van der Waals surface area contributed by atoms with Gasteiger partial charge in [0.15, 0.2) is 0 Å². The molecule has 0 aliphatic carbocycles. The van der Waals surface area contributed by atoms with Gasteiger partial charge in [-0.2, -0.15) is 5.10 Å². The third-order valence-electron chi connectivity index (χ3n) is 2.25. The molecule has 0 aliphatic heterocycles. The first-order valence-corrected chi connectivity index (χ1v) is 5.82. The van der Waals surface area contributed by atoms with Gasteiger partial charge in [0, 0.05) is 30.0 Å². The van der Waals surface area contributed by atoms with E-state index in [0.717, 1.165) is 10.0 Å². The third kappa shape index (κ3) is 2.91. The summed E-state index contributed by atoms with van der Waals surface area (Å²) < 4.78 is 2.28. The molecule has 0 atom stereocenters. The molecule has 0 bridgehead atoms. The third-order valence-corrected chi connectivity index (χ3v) is 2.69. The molecule has 0 aliphatic rings. The van der Waals surface area contributed by atoms with E-state index >= 15 is 0 Å². The highest BCUT2D eigenvalue weighted by atomic mass is 79.9. The van der Waals surface area contributed by atoms with Crippen LogP contribution < -0.4 is 10.9 Å². The van der Waals surface area contributed by atoms with Gasteiger partial charge in [0.05, 0.1) is 18.4 Å². The van der Waals surface area contributed by atoms with E-state index in [1.165, 1.54) is 10.7 Å². The number of pyridine rings is 1. The van der Waals surface area contributed by atoms with E-state index in [9.17, 15) is 4.79 Å². The summed E-state index contributed by atoms with van der Waals surface area (Å²) in [5.74, 6) is 0. The fourth-order valence-corrected chi connectivity index (χ4v) is 1.82. The Kier molecular flexibility index (Phi) is 3.53. The molecule has 0 spiro atoms. The molecule has 2 rings (SSSR count).